The third kappa shape index (κ3) is 3.58. The van der Waals surface area contributed by atoms with Gasteiger partial charge in [0.2, 0.25) is 0 Å². The van der Waals surface area contributed by atoms with Crippen LogP contribution in [0.4, 0.5) is 0 Å². The molecule has 1 saturated carbocycles. The summed E-state index contributed by atoms with van der Waals surface area (Å²) in [6.07, 6.45) is 3.93. The van der Waals surface area contributed by atoms with Gasteiger partial charge in [0.15, 0.2) is 0 Å². The van der Waals surface area contributed by atoms with E-state index in [9.17, 15) is 0 Å². The topological polar surface area (TPSA) is 12.0 Å². The molecule has 0 amide bonds. The molecule has 0 spiro atoms. The summed E-state index contributed by atoms with van der Waals surface area (Å²) in [5.74, 6) is 0. The Hall–Kier alpha value is -0.340. The van der Waals surface area contributed by atoms with Crippen molar-refractivity contribution in [3.63, 3.8) is 0 Å². The smallest absolute Gasteiger partial charge is 0.0388 e. The molecule has 1 aromatic heterocycles. The molecule has 1 heterocycles. The molecule has 1 aliphatic rings. The summed E-state index contributed by atoms with van der Waals surface area (Å²) in [5, 5.41) is 6.01. The van der Waals surface area contributed by atoms with Gasteiger partial charge >= 0.3 is 0 Å². The summed E-state index contributed by atoms with van der Waals surface area (Å²) in [4.78, 5) is 1.45. The predicted molar refractivity (Wildman–Crippen MR) is 81.1 cm³/mol. The lowest BCUT2D eigenvalue weighted by atomic mass is 9.63. The van der Waals surface area contributed by atoms with Crippen molar-refractivity contribution in [2.45, 2.75) is 66.0 Å². The van der Waals surface area contributed by atoms with Crippen LogP contribution in [0.5, 0.6) is 0 Å². The van der Waals surface area contributed by atoms with Crippen molar-refractivity contribution in [2.24, 2.45) is 10.8 Å². The molecule has 1 N–H and O–H groups in total. The molecule has 0 saturated heterocycles. The molecule has 18 heavy (non-hydrogen) atoms. The van der Waals surface area contributed by atoms with Gasteiger partial charge in [0.25, 0.3) is 0 Å². The zero-order chi connectivity index (χ0) is 13.4. The molecule has 1 aromatic rings. The first kappa shape index (κ1) is 14.1. The van der Waals surface area contributed by atoms with Crippen LogP contribution in [0, 0.1) is 10.8 Å². The number of nitrogens with one attached hydrogen (secondary N) is 1. The van der Waals surface area contributed by atoms with E-state index in [0.717, 1.165) is 0 Å². The fourth-order valence-corrected chi connectivity index (χ4v) is 4.68. The van der Waals surface area contributed by atoms with E-state index >= 15 is 0 Å². The van der Waals surface area contributed by atoms with Crippen LogP contribution < -0.4 is 5.32 Å². The molecule has 0 unspecified atom stereocenters. The highest BCUT2D eigenvalue weighted by Crippen LogP contribution is 2.46. The SMILES string of the molecule is C[C@@H](NC1CC(C)(C)CC(C)(C)C1)c1cccs1. The van der Waals surface area contributed by atoms with E-state index < -0.39 is 0 Å². The highest BCUT2D eigenvalue weighted by Gasteiger charge is 2.38. The number of thiophene rings is 1. The normalized spacial score (nSPS) is 24.9. The summed E-state index contributed by atoms with van der Waals surface area (Å²) in [5.41, 5.74) is 0.934. The highest BCUT2D eigenvalue weighted by atomic mass is 32.1. The monoisotopic (exact) mass is 265 g/mol. The fourth-order valence-electron chi connectivity index (χ4n) is 3.94. The average molecular weight is 265 g/mol. The van der Waals surface area contributed by atoms with Crippen molar-refractivity contribution in [3.8, 4) is 0 Å². The van der Waals surface area contributed by atoms with E-state index in [2.05, 4.69) is 57.4 Å². The molecule has 2 heteroatoms. The van der Waals surface area contributed by atoms with Gasteiger partial charge in [-0.25, -0.2) is 0 Å². The van der Waals surface area contributed by atoms with Crippen molar-refractivity contribution >= 4 is 11.3 Å². The molecule has 0 bridgehead atoms. The minimum absolute atomic E-state index is 0.467. The third-order valence-corrected chi connectivity index (χ3v) is 5.07. The van der Waals surface area contributed by atoms with E-state index in [1.165, 1.54) is 24.1 Å². The Kier molecular flexibility index (Phi) is 3.89. The minimum Gasteiger partial charge on any atom is -0.307 e. The van der Waals surface area contributed by atoms with Gasteiger partial charge in [-0.3, -0.25) is 0 Å². The Bertz CT molecular complexity index is 362. The summed E-state index contributed by atoms with van der Waals surface area (Å²) in [6.45, 7) is 12.0. The molecule has 0 radical (unpaired) electrons. The summed E-state index contributed by atoms with van der Waals surface area (Å²) in [6, 6.07) is 5.52. The highest BCUT2D eigenvalue weighted by molar-refractivity contribution is 7.10. The molecular formula is C16H27NS. The molecule has 0 aromatic carbocycles. The van der Waals surface area contributed by atoms with Gasteiger partial charge in [-0.05, 0) is 48.5 Å². The van der Waals surface area contributed by atoms with Crippen molar-refractivity contribution in [3.05, 3.63) is 22.4 Å². The van der Waals surface area contributed by atoms with Gasteiger partial charge in [-0.15, -0.1) is 11.3 Å². The first-order chi connectivity index (χ1) is 8.27. The maximum absolute atomic E-state index is 3.84. The maximum Gasteiger partial charge on any atom is 0.0388 e. The molecule has 1 atom stereocenters. The first-order valence-corrected chi connectivity index (χ1v) is 7.95. The zero-order valence-electron chi connectivity index (χ0n) is 12.4. The molecule has 0 aliphatic heterocycles. The Morgan fingerprint density at radius 3 is 2.33 bits per heavy atom. The Labute approximate surface area is 116 Å². The van der Waals surface area contributed by atoms with Crippen LogP contribution in [0.15, 0.2) is 17.5 Å². The molecular weight excluding hydrogens is 238 g/mol. The lowest BCUT2D eigenvalue weighted by Gasteiger charge is -2.46. The van der Waals surface area contributed by atoms with Gasteiger partial charge in [-0.1, -0.05) is 33.8 Å². The van der Waals surface area contributed by atoms with Crippen LogP contribution in [0.3, 0.4) is 0 Å². The number of hydrogen-bond donors (Lipinski definition) is 1. The van der Waals surface area contributed by atoms with Crippen LogP contribution in [0.25, 0.3) is 0 Å². The Morgan fingerprint density at radius 2 is 1.83 bits per heavy atom. The maximum atomic E-state index is 3.84. The van der Waals surface area contributed by atoms with Crippen molar-refractivity contribution in [1.29, 1.82) is 0 Å². The van der Waals surface area contributed by atoms with Crippen LogP contribution in [0.2, 0.25) is 0 Å². The lowest BCUT2D eigenvalue weighted by molar-refractivity contribution is 0.0813. The predicted octanol–water partition coefficient (Wildman–Crippen LogP) is 5.00. The Balaban J connectivity index is 2.01. The Morgan fingerprint density at radius 1 is 1.22 bits per heavy atom. The van der Waals surface area contributed by atoms with Crippen LogP contribution in [0.1, 0.15) is 64.8 Å². The van der Waals surface area contributed by atoms with Gasteiger partial charge in [0.05, 0.1) is 0 Å². The largest absolute Gasteiger partial charge is 0.307 e. The molecule has 1 nitrogen and oxygen atoms in total. The summed E-state index contributed by atoms with van der Waals surface area (Å²) in [7, 11) is 0. The summed E-state index contributed by atoms with van der Waals surface area (Å²) >= 11 is 1.86. The van der Waals surface area contributed by atoms with E-state index in [1.807, 2.05) is 11.3 Å². The molecule has 102 valence electrons. The van der Waals surface area contributed by atoms with Crippen LogP contribution in [-0.2, 0) is 0 Å². The van der Waals surface area contributed by atoms with E-state index in [0.29, 0.717) is 22.9 Å². The van der Waals surface area contributed by atoms with E-state index in [4.69, 9.17) is 0 Å². The zero-order valence-corrected chi connectivity index (χ0v) is 13.2. The quantitative estimate of drug-likeness (QED) is 0.810. The number of hydrogen-bond acceptors (Lipinski definition) is 2. The van der Waals surface area contributed by atoms with Crippen LogP contribution in [-0.4, -0.2) is 6.04 Å². The van der Waals surface area contributed by atoms with Crippen molar-refractivity contribution in [2.75, 3.05) is 0 Å². The molecule has 1 fully saturated rings. The van der Waals surface area contributed by atoms with Gasteiger partial charge in [0, 0.05) is 17.0 Å². The fraction of sp³-hybridized carbons (Fsp3) is 0.750. The van der Waals surface area contributed by atoms with E-state index in [1.54, 1.807) is 0 Å². The third-order valence-electron chi connectivity index (χ3n) is 4.01. The van der Waals surface area contributed by atoms with Gasteiger partial charge in [-0.2, -0.15) is 0 Å². The second-order valence-corrected chi connectivity index (χ2v) is 8.49. The average Bonchev–Trinajstić information content (AvgIpc) is 2.63. The second-order valence-electron chi connectivity index (χ2n) is 7.51. The molecule has 2 rings (SSSR count). The standard InChI is InChI=1S/C16H27NS/c1-12(14-7-6-8-18-14)17-13-9-15(2,3)11-16(4,5)10-13/h6-8,12-13,17H,9-11H2,1-5H3/t12-/m1/s1. The van der Waals surface area contributed by atoms with Crippen molar-refractivity contribution < 1.29 is 0 Å². The van der Waals surface area contributed by atoms with Gasteiger partial charge < -0.3 is 5.32 Å². The van der Waals surface area contributed by atoms with Crippen molar-refractivity contribution in [1.82, 2.24) is 5.32 Å². The first-order valence-electron chi connectivity index (χ1n) is 7.07. The van der Waals surface area contributed by atoms with Gasteiger partial charge in [0.1, 0.15) is 0 Å². The van der Waals surface area contributed by atoms with E-state index in [-0.39, 0.29) is 0 Å². The minimum atomic E-state index is 0.467. The summed E-state index contributed by atoms with van der Waals surface area (Å²) < 4.78 is 0. The lowest BCUT2D eigenvalue weighted by Crippen LogP contribution is -2.44. The van der Waals surface area contributed by atoms with Crippen LogP contribution >= 0.6 is 11.3 Å². The number of rotatable bonds is 3. The molecule has 1 aliphatic carbocycles. The second kappa shape index (κ2) is 4.97.